The van der Waals surface area contributed by atoms with E-state index in [0.717, 1.165) is 16.7 Å². The van der Waals surface area contributed by atoms with Gasteiger partial charge in [0.2, 0.25) is 0 Å². The molecule has 1 unspecified atom stereocenters. The molecule has 10 heteroatoms. The van der Waals surface area contributed by atoms with Crippen LogP contribution in [0.25, 0.3) is 10.9 Å². The van der Waals surface area contributed by atoms with E-state index in [0.29, 0.717) is 48.7 Å². The van der Waals surface area contributed by atoms with E-state index in [9.17, 15) is 13.2 Å². The topological polar surface area (TPSA) is 101 Å². The minimum Gasteiger partial charge on any atom is -0.493 e. The number of nitrogens with zero attached hydrogens (tertiary/aromatic N) is 3. The zero-order valence-electron chi connectivity index (χ0n) is 22.7. The van der Waals surface area contributed by atoms with Crippen molar-refractivity contribution < 1.29 is 22.7 Å². The molecule has 1 atom stereocenters. The van der Waals surface area contributed by atoms with E-state index >= 15 is 0 Å². The largest absolute Gasteiger partial charge is 0.493 e. The highest BCUT2D eigenvalue weighted by Gasteiger charge is 2.29. The van der Waals surface area contributed by atoms with Crippen LogP contribution in [-0.4, -0.2) is 69.0 Å². The minimum absolute atomic E-state index is 0.00473. The van der Waals surface area contributed by atoms with Crippen molar-refractivity contribution in [2.24, 2.45) is 0 Å². The predicted molar refractivity (Wildman–Crippen MR) is 154 cm³/mol. The highest BCUT2D eigenvalue weighted by atomic mass is 32.2. The first kappa shape index (κ1) is 27.4. The van der Waals surface area contributed by atoms with Crippen LogP contribution in [-0.2, 0) is 16.6 Å². The van der Waals surface area contributed by atoms with Gasteiger partial charge in [-0.25, -0.2) is 8.42 Å². The monoisotopic (exact) mass is 560 g/mol. The summed E-state index contributed by atoms with van der Waals surface area (Å²) in [5, 5.41) is 0.739. The predicted octanol–water partition coefficient (Wildman–Crippen LogP) is 4.40. The van der Waals surface area contributed by atoms with Crippen LogP contribution < -0.4 is 14.2 Å². The first-order valence-electron chi connectivity index (χ1n) is 13.0. The van der Waals surface area contributed by atoms with E-state index in [1.807, 2.05) is 42.2 Å². The quantitative estimate of drug-likeness (QED) is 0.341. The van der Waals surface area contributed by atoms with Gasteiger partial charge in [0.25, 0.3) is 15.9 Å². The lowest BCUT2D eigenvalue weighted by Crippen LogP contribution is -2.53. The highest BCUT2D eigenvalue weighted by molar-refractivity contribution is 7.93. The number of rotatable bonds is 8. The van der Waals surface area contributed by atoms with Crippen LogP contribution in [0.5, 0.6) is 11.5 Å². The summed E-state index contributed by atoms with van der Waals surface area (Å²) in [6.45, 7) is 4.73. The van der Waals surface area contributed by atoms with Crippen molar-refractivity contribution in [2.45, 2.75) is 24.4 Å². The summed E-state index contributed by atoms with van der Waals surface area (Å²) in [6.07, 6.45) is 1.57. The van der Waals surface area contributed by atoms with Crippen LogP contribution in [0, 0.1) is 0 Å². The van der Waals surface area contributed by atoms with Crippen molar-refractivity contribution in [2.75, 3.05) is 38.6 Å². The molecule has 0 radical (unpaired) electrons. The zero-order chi connectivity index (χ0) is 28.3. The summed E-state index contributed by atoms with van der Waals surface area (Å²) in [5.74, 6) is 1.34. The molecule has 0 saturated carbocycles. The molecule has 3 aromatic carbocycles. The van der Waals surface area contributed by atoms with Crippen molar-refractivity contribution in [1.29, 1.82) is 0 Å². The van der Waals surface area contributed by atoms with E-state index < -0.39 is 10.0 Å². The van der Waals surface area contributed by atoms with Crippen LogP contribution in [0.4, 0.5) is 5.69 Å². The van der Waals surface area contributed by atoms with Crippen molar-refractivity contribution in [1.82, 2.24) is 14.8 Å². The molecule has 1 saturated heterocycles. The van der Waals surface area contributed by atoms with E-state index in [1.54, 1.807) is 56.8 Å². The van der Waals surface area contributed by atoms with E-state index in [4.69, 9.17) is 9.47 Å². The fourth-order valence-corrected chi connectivity index (χ4v) is 6.39. The van der Waals surface area contributed by atoms with Gasteiger partial charge in [0.15, 0.2) is 11.5 Å². The molecule has 1 aliphatic heterocycles. The number of nitrogens with one attached hydrogen (secondary N) is 1. The molecule has 2 heterocycles. The van der Waals surface area contributed by atoms with Gasteiger partial charge in [-0.1, -0.05) is 30.3 Å². The fourth-order valence-electron chi connectivity index (χ4n) is 5.15. The van der Waals surface area contributed by atoms with Gasteiger partial charge in [0.1, 0.15) is 4.90 Å². The molecular formula is C30H32N4O5S. The Kier molecular flexibility index (Phi) is 7.90. The number of piperazine rings is 1. The number of methoxy groups -OCH3 is 2. The number of aromatic nitrogens is 1. The van der Waals surface area contributed by atoms with Crippen molar-refractivity contribution in [3.8, 4) is 11.5 Å². The van der Waals surface area contributed by atoms with Crippen LogP contribution in [0.1, 0.15) is 22.8 Å². The number of hydrogen-bond donors (Lipinski definition) is 1. The Labute approximate surface area is 234 Å². The van der Waals surface area contributed by atoms with Gasteiger partial charge in [-0.3, -0.25) is 19.4 Å². The molecule has 40 heavy (non-hydrogen) atoms. The second kappa shape index (κ2) is 11.5. The maximum Gasteiger partial charge on any atom is 0.264 e. The third-order valence-electron chi connectivity index (χ3n) is 7.12. The molecule has 0 bridgehead atoms. The summed E-state index contributed by atoms with van der Waals surface area (Å²) in [4.78, 5) is 21.9. The number of para-hydroxylation sites is 2. The SMILES string of the molecule is COc1cccc(CN2CCN(C(=O)c3ccc(NS(=O)(=O)c4cccc5cccnc45)cc3)C(C)C2)c1OC. The van der Waals surface area contributed by atoms with Crippen LogP contribution in [0.3, 0.4) is 0 Å². The van der Waals surface area contributed by atoms with Gasteiger partial charge in [-0.05, 0) is 49.4 Å². The van der Waals surface area contributed by atoms with Crippen LogP contribution >= 0.6 is 0 Å². The summed E-state index contributed by atoms with van der Waals surface area (Å²) < 4.78 is 39.8. The highest BCUT2D eigenvalue weighted by Crippen LogP contribution is 2.32. The van der Waals surface area contributed by atoms with Crippen LogP contribution in [0.15, 0.2) is 83.9 Å². The summed E-state index contributed by atoms with van der Waals surface area (Å²) in [5.41, 5.74) is 2.31. The van der Waals surface area contributed by atoms with E-state index in [-0.39, 0.29) is 16.8 Å². The minimum atomic E-state index is -3.87. The molecule has 1 amide bonds. The molecule has 1 aromatic heterocycles. The Balaban J connectivity index is 1.24. The second-order valence-corrected chi connectivity index (χ2v) is 11.4. The van der Waals surface area contributed by atoms with Gasteiger partial charge in [0.05, 0.1) is 19.7 Å². The number of pyridine rings is 1. The van der Waals surface area contributed by atoms with E-state index in [2.05, 4.69) is 14.6 Å². The molecule has 5 rings (SSSR count). The van der Waals surface area contributed by atoms with Crippen molar-refractivity contribution in [3.05, 3.63) is 90.1 Å². The fraction of sp³-hybridized carbons (Fsp3) is 0.267. The van der Waals surface area contributed by atoms with Gasteiger partial charge >= 0.3 is 0 Å². The van der Waals surface area contributed by atoms with Crippen LogP contribution in [0.2, 0.25) is 0 Å². The molecule has 9 nitrogen and oxygen atoms in total. The van der Waals surface area contributed by atoms with E-state index in [1.165, 1.54) is 6.07 Å². The maximum absolute atomic E-state index is 13.3. The standard InChI is InChI=1S/C30H32N4O5S/c1-21-19-33(20-24-8-4-10-26(38-2)29(24)39-3)17-18-34(21)30(35)23-12-14-25(15-13-23)32-40(36,37)27-11-5-7-22-9-6-16-31-28(22)27/h4-16,21,32H,17-20H2,1-3H3. The summed E-state index contributed by atoms with van der Waals surface area (Å²) in [6, 6.07) is 21.0. The average molecular weight is 561 g/mol. The molecule has 1 N–H and O–H groups in total. The molecule has 0 aliphatic carbocycles. The number of hydrogen-bond acceptors (Lipinski definition) is 7. The molecule has 4 aromatic rings. The van der Waals surface area contributed by atoms with Crippen molar-refractivity contribution in [3.63, 3.8) is 0 Å². The Morgan fingerprint density at radius 2 is 1.73 bits per heavy atom. The Morgan fingerprint density at radius 1 is 0.975 bits per heavy atom. The molecule has 1 fully saturated rings. The van der Waals surface area contributed by atoms with Crippen molar-refractivity contribution >= 4 is 32.5 Å². The number of carbonyl (C=O) groups is 1. The lowest BCUT2D eigenvalue weighted by atomic mass is 10.1. The Morgan fingerprint density at radius 3 is 2.45 bits per heavy atom. The van der Waals surface area contributed by atoms with Gasteiger partial charge < -0.3 is 14.4 Å². The molecule has 0 spiro atoms. The first-order chi connectivity index (χ1) is 19.3. The van der Waals surface area contributed by atoms with Gasteiger partial charge in [-0.15, -0.1) is 0 Å². The summed E-state index contributed by atoms with van der Waals surface area (Å²) >= 11 is 0. The van der Waals surface area contributed by atoms with Gasteiger partial charge in [-0.2, -0.15) is 0 Å². The number of fused-ring (bicyclic) bond motifs is 1. The normalized spacial score (nSPS) is 16.1. The maximum atomic E-state index is 13.3. The molecular weight excluding hydrogens is 528 g/mol. The molecule has 1 aliphatic rings. The third kappa shape index (κ3) is 5.59. The number of amides is 1. The average Bonchev–Trinajstić information content (AvgIpc) is 2.96. The number of sulfonamides is 1. The number of benzene rings is 3. The smallest absolute Gasteiger partial charge is 0.264 e. The number of anilines is 1. The third-order valence-corrected chi connectivity index (χ3v) is 8.53. The molecule has 208 valence electrons. The summed E-state index contributed by atoms with van der Waals surface area (Å²) in [7, 11) is -0.614. The van der Waals surface area contributed by atoms with Gasteiger partial charge in [0, 0.05) is 60.6 Å². The number of carbonyl (C=O) groups excluding carboxylic acids is 1. The number of ether oxygens (including phenoxy) is 2. The lowest BCUT2D eigenvalue weighted by Gasteiger charge is -2.40. The zero-order valence-corrected chi connectivity index (χ0v) is 23.5. The Bertz CT molecular complexity index is 1620. The first-order valence-corrected chi connectivity index (χ1v) is 14.5. The Hall–Kier alpha value is -4.15. The second-order valence-electron chi connectivity index (χ2n) is 9.75. The lowest BCUT2D eigenvalue weighted by molar-refractivity contribution is 0.0474.